The summed E-state index contributed by atoms with van der Waals surface area (Å²) in [5.41, 5.74) is 0.771. The van der Waals surface area contributed by atoms with Crippen LogP contribution in [0.2, 0.25) is 0 Å². The molecule has 2 aromatic rings. The predicted molar refractivity (Wildman–Crippen MR) is 94.0 cm³/mol. The summed E-state index contributed by atoms with van der Waals surface area (Å²) in [5.74, 6) is -1.52. The first kappa shape index (κ1) is 20.0. The van der Waals surface area contributed by atoms with Crippen molar-refractivity contribution in [3.8, 4) is 11.5 Å². The molecule has 0 saturated heterocycles. The van der Waals surface area contributed by atoms with Crippen LogP contribution in [0, 0.1) is 0 Å². The Morgan fingerprint density at radius 1 is 1.00 bits per heavy atom. The van der Waals surface area contributed by atoms with Crippen LogP contribution in [0.5, 0.6) is 11.5 Å². The van der Waals surface area contributed by atoms with Gasteiger partial charge in [0.15, 0.2) is 17.3 Å². The first-order valence-electron chi connectivity index (χ1n) is 7.67. The number of anilines is 1. The quantitative estimate of drug-likeness (QED) is 0.606. The van der Waals surface area contributed by atoms with E-state index in [2.05, 4.69) is 0 Å². The Morgan fingerprint density at radius 2 is 1.70 bits per heavy atom. The van der Waals surface area contributed by atoms with Crippen molar-refractivity contribution in [3.05, 3.63) is 59.7 Å². The van der Waals surface area contributed by atoms with Gasteiger partial charge in [-0.1, -0.05) is 18.2 Å². The van der Waals surface area contributed by atoms with E-state index in [9.17, 15) is 22.8 Å². The van der Waals surface area contributed by atoms with Gasteiger partial charge in [0.05, 0.1) is 14.2 Å². The van der Waals surface area contributed by atoms with Gasteiger partial charge in [0.1, 0.15) is 0 Å². The molecule has 0 saturated carbocycles. The lowest BCUT2D eigenvalue weighted by molar-refractivity contribution is -0.167. The van der Waals surface area contributed by atoms with Crippen LogP contribution in [0.1, 0.15) is 15.9 Å². The van der Waals surface area contributed by atoms with E-state index in [0.29, 0.717) is 22.6 Å². The molecular formula is C19H16F3NO4. The topological polar surface area (TPSA) is 64.6 Å². The smallest absolute Gasteiger partial charge is 0.471 e. The molecule has 0 aromatic heterocycles. The predicted octanol–water partition coefficient (Wildman–Crippen LogP) is 4.10. The zero-order chi connectivity index (χ0) is 20.0. The highest BCUT2D eigenvalue weighted by Gasteiger charge is 2.38. The van der Waals surface area contributed by atoms with Gasteiger partial charge in [0, 0.05) is 11.3 Å². The van der Waals surface area contributed by atoms with Gasteiger partial charge in [-0.2, -0.15) is 13.2 Å². The third-order valence-electron chi connectivity index (χ3n) is 3.50. The van der Waals surface area contributed by atoms with Gasteiger partial charge in [-0.15, -0.1) is 0 Å². The third kappa shape index (κ3) is 5.34. The number of hydrogen-bond acceptors (Lipinski definition) is 4. The third-order valence-corrected chi connectivity index (χ3v) is 3.50. The molecule has 1 amide bonds. The zero-order valence-electron chi connectivity index (χ0n) is 14.5. The molecule has 0 fully saturated rings. The average Bonchev–Trinajstić information content (AvgIpc) is 2.65. The van der Waals surface area contributed by atoms with Crippen molar-refractivity contribution < 1.29 is 32.2 Å². The number of rotatable bonds is 6. The van der Waals surface area contributed by atoms with Crippen molar-refractivity contribution in [1.29, 1.82) is 0 Å². The molecule has 0 bridgehead atoms. The van der Waals surface area contributed by atoms with Gasteiger partial charge in [0.25, 0.3) is 0 Å². The molecule has 5 nitrogen and oxygen atoms in total. The molecule has 2 rings (SSSR count). The first-order chi connectivity index (χ1) is 12.7. The van der Waals surface area contributed by atoms with Gasteiger partial charge in [-0.05, 0) is 42.0 Å². The minimum absolute atomic E-state index is 0.0296. The Balaban J connectivity index is 2.15. The molecule has 2 aromatic carbocycles. The van der Waals surface area contributed by atoms with Gasteiger partial charge in [-0.25, -0.2) is 0 Å². The number of amides is 1. The number of ketones is 1. The summed E-state index contributed by atoms with van der Waals surface area (Å²) in [6.07, 6.45) is -2.27. The number of carbonyl (C=O) groups is 2. The average molecular weight is 379 g/mol. The summed E-state index contributed by atoms with van der Waals surface area (Å²) in [5, 5.41) is 1.76. The van der Waals surface area contributed by atoms with Crippen LogP contribution in [0.4, 0.5) is 18.9 Å². The van der Waals surface area contributed by atoms with E-state index in [0.717, 1.165) is 0 Å². The Morgan fingerprint density at radius 3 is 2.33 bits per heavy atom. The van der Waals surface area contributed by atoms with E-state index in [4.69, 9.17) is 9.47 Å². The van der Waals surface area contributed by atoms with Crippen LogP contribution in [-0.2, 0) is 4.79 Å². The zero-order valence-corrected chi connectivity index (χ0v) is 14.5. The van der Waals surface area contributed by atoms with Crippen LogP contribution in [-0.4, -0.2) is 32.1 Å². The number of nitrogens with one attached hydrogen (secondary N) is 1. The molecule has 1 N–H and O–H groups in total. The minimum Gasteiger partial charge on any atom is -0.493 e. The van der Waals surface area contributed by atoms with Crippen LogP contribution < -0.4 is 14.8 Å². The number of allylic oxidation sites excluding steroid dienone is 1. The summed E-state index contributed by atoms with van der Waals surface area (Å²) in [6.45, 7) is 0. The van der Waals surface area contributed by atoms with Crippen LogP contribution in [0.3, 0.4) is 0 Å². The van der Waals surface area contributed by atoms with E-state index in [-0.39, 0.29) is 11.5 Å². The molecule has 27 heavy (non-hydrogen) atoms. The molecule has 0 aliphatic heterocycles. The van der Waals surface area contributed by atoms with Crippen LogP contribution in [0.15, 0.2) is 48.5 Å². The maximum Gasteiger partial charge on any atom is 0.471 e. The van der Waals surface area contributed by atoms with E-state index in [1.165, 1.54) is 50.6 Å². The number of halogens is 3. The van der Waals surface area contributed by atoms with E-state index in [1.54, 1.807) is 23.5 Å². The summed E-state index contributed by atoms with van der Waals surface area (Å²) in [6, 6.07) is 10.4. The highest BCUT2D eigenvalue weighted by Crippen LogP contribution is 2.28. The number of carbonyl (C=O) groups excluding carboxylic acids is 2. The monoisotopic (exact) mass is 379 g/mol. The Bertz CT molecular complexity index is 875. The van der Waals surface area contributed by atoms with Crippen molar-refractivity contribution in [2.75, 3.05) is 19.5 Å². The second kappa shape index (κ2) is 8.39. The number of ether oxygens (including phenoxy) is 2. The normalized spacial score (nSPS) is 11.3. The lowest BCUT2D eigenvalue weighted by Gasteiger charge is -2.08. The van der Waals surface area contributed by atoms with Gasteiger partial charge in [0.2, 0.25) is 0 Å². The summed E-state index contributed by atoms with van der Waals surface area (Å²) in [4.78, 5) is 23.3. The summed E-state index contributed by atoms with van der Waals surface area (Å²) >= 11 is 0. The van der Waals surface area contributed by atoms with Crippen LogP contribution in [0.25, 0.3) is 6.08 Å². The van der Waals surface area contributed by atoms with Crippen LogP contribution >= 0.6 is 0 Å². The number of alkyl halides is 3. The van der Waals surface area contributed by atoms with Crippen molar-refractivity contribution >= 4 is 23.5 Å². The SMILES string of the molecule is COc1ccc(C(=O)/C=C/c2cccc(NC(=O)C(F)(F)F)c2)cc1OC. The molecule has 0 atom stereocenters. The van der Waals surface area contributed by atoms with Crippen molar-refractivity contribution in [2.45, 2.75) is 6.18 Å². The molecule has 0 unspecified atom stereocenters. The summed E-state index contributed by atoms with van der Waals surface area (Å²) in [7, 11) is 2.92. The highest BCUT2D eigenvalue weighted by molar-refractivity contribution is 6.07. The standard InChI is InChI=1S/C19H16F3NO4/c1-26-16-9-7-13(11-17(16)27-2)15(24)8-6-12-4-3-5-14(10-12)23-18(25)19(20,21)22/h3-11H,1-2H3,(H,23,25)/b8-6+. The van der Waals surface area contributed by atoms with E-state index >= 15 is 0 Å². The minimum atomic E-state index is -4.98. The fourth-order valence-corrected chi connectivity index (χ4v) is 2.18. The second-order valence-electron chi connectivity index (χ2n) is 5.34. The first-order valence-corrected chi connectivity index (χ1v) is 7.67. The molecule has 8 heteroatoms. The molecule has 0 heterocycles. The fraction of sp³-hybridized carbons (Fsp3) is 0.158. The second-order valence-corrected chi connectivity index (χ2v) is 5.34. The molecule has 0 radical (unpaired) electrons. The number of methoxy groups -OCH3 is 2. The fourth-order valence-electron chi connectivity index (χ4n) is 2.18. The Kier molecular flexibility index (Phi) is 6.23. The Labute approximate surface area is 153 Å². The largest absolute Gasteiger partial charge is 0.493 e. The molecule has 0 spiro atoms. The molecule has 0 aliphatic carbocycles. The molecule has 142 valence electrons. The van der Waals surface area contributed by atoms with Crippen molar-refractivity contribution in [3.63, 3.8) is 0 Å². The van der Waals surface area contributed by atoms with E-state index < -0.39 is 12.1 Å². The lowest BCUT2D eigenvalue weighted by Crippen LogP contribution is -2.29. The summed E-state index contributed by atoms with van der Waals surface area (Å²) < 4.78 is 47.1. The van der Waals surface area contributed by atoms with Gasteiger partial charge in [-0.3, -0.25) is 9.59 Å². The maximum atomic E-state index is 12.3. The molecular weight excluding hydrogens is 363 g/mol. The van der Waals surface area contributed by atoms with Crippen molar-refractivity contribution in [2.24, 2.45) is 0 Å². The lowest BCUT2D eigenvalue weighted by atomic mass is 10.1. The highest BCUT2D eigenvalue weighted by atomic mass is 19.4. The Hall–Kier alpha value is -3.29. The van der Waals surface area contributed by atoms with E-state index in [1.807, 2.05) is 0 Å². The molecule has 0 aliphatic rings. The van der Waals surface area contributed by atoms with Crippen molar-refractivity contribution in [1.82, 2.24) is 0 Å². The van der Waals surface area contributed by atoms with Gasteiger partial charge >= 0.3 is 12.1 Å². The number of benzene rings is 2. The van der Waals surface area contributed by atoms with Gasteiger partial charge < -0.3 is 14.8 Å². The maximum absolute atomic E-state index is 12.3. The number of hydrogen-bond donors (Lipinski definition) is 1.